The van der Waals surface area contributed by atoms with E-state index in [1.165, 1.54) is 49.9 Å². The molecule has 1 N–H and O–H groups in total. The fourth-order valence-corrected chi connectivity index (χ4v) is 2.40. The molecule has 1 aromatic rings. The highest BCUT2D eigenvalue weighted by molar-refractivity contribution is 5.53. The summed E-state index contributed by atoms with van der Waals surface area (Å²) < 4.78 is 0. The molecule has 0 aromatic heterocycles. The number of rotatable bonds is 4. The molecule has 1 aromatic carbocycles. The third-order valence-electron chi connectivity index (χ3n) is 3.32. The number of unbranched alkanes of at least 4 members (excludes halogenated alkanes) is 2. The molecule has 0 saturated heterocycles. The molecule has 1 heteroatoms. The Morgan fingerprint density at radius 2 is 2.13 bits per heavy atom. The molecule has 1 heterocycles. The summed E-state index contributed by atoms with van der Waals surface area (Å²) in [6, 6.07) is 8.71. The van der Waals surface area contributed by atoms with Crippen molar-refractivity contribution in [2.45, 2.75) is 39.0 Å². The molecule has 1 aliphatic rings. The van der Waals surface area contributed by atoms with E-state index in [4.69, 9.17) is 0 Å². The van der Waals surface area contributed by atoms with Crippen molar-refractivity contribution in [2.75, 3.05) is 11.9 Å². The Balaban J connectivity index is 1.88. The van der Waals surface area contributed by atoms with Crippen LogP contribution in [-0.4, -0.2) is 6.54 Å². The minimum absolute atomic E-state index is 0.853. The Morgan fingerprint density at radius 1 is 1.27 bits per heavy atom. The van der Waals surface area contributed by atoms with Crippen molar-refractivity contribution < 1.29 is 0 Å². The van der Waals surface area contributed by atoms with E-state index in [0.717, 1.165) is 5.92 Å². The largest absolute Gasteiger partial charge is 0.385 e. The third-order valence-corrected chi connectivity index (χ3v) is 3.32. The van der Waals surface area contributed by atoms with Crippen LogP contribution >= 0.6 is 0 Å². The first-order chi connectivity index (χ1) is 7.40. The van der Waals surface area contributed by atoms with E-state index in [9.17, 15) is 0 Å². The maximum absolute atomic E-state index is 3.54. The lowest BCUT2D eigenvalue weighted by molar-refractivity contribution is 0.466. The van der Waals surface area contributed by atoms with E-state index >= 15 is 0 Å². The average Bonchev–Trinajstić information content (AvgIpc) is 2.29. The van der Waals surface area contributed by atoms with E-state index in [1.807, 2.05) is 0 Å². The van der Waals surface area contributed by atoms with Gasteiger partial charge in [0.25, 0.3) is 0 Å². The number of fused-ring (bicyclic) bond motifs is 1. The highest BCUT2D eigenvalue weighted by atomic mass is 14.9. The van der Waals surface area contributed by atoms with Crippen LogP contribution in [0, 0.1) is 5.92 Å². The standard InChI is InChI=1S/C14H21N/c1-2-3-4-7-12-10-13-8-5-6-9-14(13)15-11-12/h5-6,8-9,12,15H,2-4,7,10-11H2,1H3/t12-/m0/s1. The maximum Gasteiger partial charge on any atom is 0.0372 e. The lowest BCUT2D eigenvalue weighted by Gasteiger charge is -2.26. The van der Waals surface area contributed by atoms with Crippen LogP contribution in [0.25, 0.3) is 0 Å². The number of anilines is 1. The molecule has 0 radical (unpaired) electrons. The van der Waals surface area contributed by atoms with E-state index in [-0.39, 0.29) is 0 Å². The van der Waals surface area contributed by atoms with Gasteiger partial charge in [0.15, 0.2) is 0 Å². The van der Waals surface area contributed by atoms with Crippen molar-refractivity contribution in [3.8, 4) is 0 Å². The van der Waals surface area contributed by atoms with Crippen molar-refractivity contribution in [2.24, 2.45) is 5.92 Å². The van der Waals surface area contributed by atoms with Crippen LogP contribution in [-0.2, 0) is 6.42 Å². The zero-order chi connectivity index (χ0) is 10.5. The van der Waals surface area contributed by atoms with Crippen LogP contribution in [0.3, 0.4) is 0 Å². The van der Waals surface area contributed by atoms with Gasteiger partial charge in [0.05, 0.1) is 0 Å². The van der Waals surface area contributed by atoms with Gasteiger partial charge in [-0.2, -0.15) is 0 Å². The van der Waals surface area contributed by atoms with Gasteiger partial charge < -0.3 is 5.32 Å². The van der Waals surface area contributed by atoms with Crippen LogP contribution in [0.2, 0.25) is 0 Å². The van der Waals surface area contributed by atoms with Crippen LogP contribution in [0.5, 0.6) is 0 Å². The van der Waals surface area contributed by atoms with E-state index in [0.29, 0.717) is 0 Å². The van der Waals surface area contributed by atoms with Gasteiger partial charge in [0.1, 0.15) is 0 Å². The zero-order valence-corrected chi connectivity index (χ0v) is 9.63. The Morgan fingerprint density at radius 3 is 3.00 bits per heavy atom. The quantitative estimate of drug-likeness (QED) is 0.733. The minimum atomic E-state index is 0.853. The lowest BCUT2D eigenvalue weighted by atomic mass is 9.90. The maximum atomic E-state index is 3.54. The molecular formula is C14H21N. The van der Waals surface area contributed by atoms with Gasteiger partial charge in [-0.25, -0.2) is 0 Å². The summed E-state index contributed by atoms with van der Waals surface area (Å²) in [5, 5.41) is 3.54. The van der Waals surface area contributed by atoms with Crippen molar-refractivity contribution in [3.05, 3.63) is 29.8 Å². The van der Waals surface area contributed by atoms with E-state index in [1.54, 1.807) is 0 Å². The smallest absolute Gasteiger partial charge is 0.0372 e. The Bertz CT molecular complexity index is 306. The second kappa shape index (κ2) is 5.20. The number of para-hydroxylation sites is 1. The fraction of sp³-hybridized carbons (Fsp3) is 0.571. The van der Waals surface area contributed by atoms with Gasteiger partial charge >= 0.3 is 0 Å². The second-order valence-corrected chi connectivity index (χ2v) is 4.60. The first-order valence-corrected chi connectivity index (χ1v) is 6.22. The predicted molar refractivity (Wildman–Crippen MR) is 66.3 cm³/mol. The number of benzene rings is 1. The van der Waals surface area contributed by atoms with Gasteiger partial charge in [0, 0.05) is 12.2 Å². The molecule has 15 heavy (non-hydrogen) atoms. The Labute approximate surface area is 92.9 Å². The number of hydrogen-bond donors (Lipinski definition) is 1. The van der Waals surface area contributed by atoms with Crippen molar-refractivity contribution in [1.29, 1.82) is 0 Å². The number of nitrogens with one attached hydrogen (secondary N) is 1. The zero-order valence-electron chi connectivity index (χ0n) is 9.63. The molecule has 2 rings (SSSR count). The second-order valence-electron chi connectivity index (χ2n) is 4.60. The molecule has 0 fully saturated rings. The predicted octanol–water partition coefficient (Wildman–Crippen LogP) is 3.85. The van der Waals surface area contributed by atoms with Crippen molar-refractivity contribution in [1.82, 2.24) is 0 Å². The minimum Gasteiger partial charge on any atom is -0.385 e. The lowest BCUT2D eigenvalue weighted by Crippen LogP contribution is -2.22. The molecular weight excluding hydrogens is 182 g/mol. The summed E-state index contributed by atoms with van der Waals surface area (Å²) in [7, 11) is 0. The fourth-order valence-electron chi connectivity index (χ4n) is 2.40. The summed E-state index contributed by atoms with van der Waals surface area (Å²) in [6.45, 7) is 3.44. The summed E-state index contributed by atoms with van der Waals surface area (Å²) in [5.74, 6) is 0.853. The van der Waals surface area contributed by atoms with Crippen molar-refractivity contribution in [3.63, 3.8) is 0 Å². The van der Waals surface area contributed by atoms with Crippen LogP contribution in [0.1, 0.15) is 38.2 Å². The first kappa shape index (κ1) is 10.5. The molecule has 0 unspecified atom stereocenters. The molecule has 1 aliphatic heterocycles. The molecule has 82 valence electrons. The van der Waals surface area contributed by atoms with E-state index < -0.39 is 0 Å². The molecule has 0 amide bonds. The highest BCUT2D eigenvalue weighted by Crippen LogP contribution is 2.26. The molecule has 1 atom stereocenters. The molecule has 1 nitrogen and oxygen atoms in total. The van der Waals surface area contributed by atoms with Gasteiger partial charge in [-0.3, -0.25) is 0 Å². The van der Waals surface area contributed by atoms with Crippen LogP contribution in [0.15, 0.2) is 24.3 Å². The monoisotopic (exact) mass is 203 g/mol. The van der Waals surface area contributed by atoms with Crippen LogP contribution in [0.4, 0.5) is 5.69 Å². The molecule has 0 bridgehead atoms. The normalized spacial score (nSPS) is 19.4. The summed E-state index contributed by atoms with van der Waals surface area (Å²) in [6.07, 6.45) is 6.77. The topological polar surface area (TPSA) is 12.0 Å². The SMILES string of the molecule is CCCCC[C@@H]1CNc2ccccc2C1. The number of hydrogen-bond acceptors (Lipinski definition) is 1. The van der Waals surface area contributed by atoms with Crippen molar-refractivity contribution >= 4 is 5.69 Å². The van der Waals surface area contributed by atoms with Gasteiger partial charge in [-0.15, -0.1) is 0 Å². The third kappa shape index (κ3) is 2.74. The Kier molecular flexibility index (Phi) is 3.65. The highest BCUT2D eigenvalue weighted by Gasteiger charge is 2.16. The van der Waals surface area contributed by atoms with Crippen LogP contribution < -0.4 is 5.32 Å². The summed E-state index contributed by atoms with van der Waals surface area (Å²) in [5.41, 5.74) is 2.86. The summed E-state index contributed by atoms with van der Waals surface area (Å²) >= 11 is 0. The molecule has 0 spiro atoms. The van der Waals surface area contributed by atoms with E-state index in [2.05, 4.69) is 36.5 Å². The van der Waals surface area contributed by atoms with Gasteiger partial charge in [-0.05, 0) is 30.4 Å². The average molecular weight is 203 g/mol. The van der Waals surface area contributed by atoms with Gasteiger partial charge in [-0.1, -0.05) is 44.4 Å². The first-order valence-electron chi connectivity index (χ1n) is 6.22. The Hall–Kier alpha value is -0.980. The molecule has 0 aliphatic carbocycles. The molecule has 0 saturated carbocycles. The summed E-state index contributed by atoms with van der Waals surface area (Å²) in [4.78, 5) is 0. The van der Waals surface area contributed by atoms with Gasteiger partial charge in [0.2, 0.25) is 0 Å².